The zero-order valence-electron chi connectivity index (χ0n) is 12.5. The Hall–Kier alpha value is -2.14. The number of aromatic nitrogens is 2. The fraction of sp³-hybridized carbons (Fsp3) is 0.412. The van der Waals surface area contributed by atoms with Crippen molar-refractivity contribution in [2.24, 2.45) is 0 Å². The summed E-state index contributed by atoms with van der Waals surface area (Å²) < 4.78 is 5.63. The fourth-order valence-corrected chi connectivity index (χ4v) is 3.23. The molecular weight excluding hydrogens is 278 g/mol. The lowest BCUT2D eigenvalue weighted by Gasteiger charge is -2.18. The van der Waals surface area contributed by atoms with Crippen LogP contribution in [0.3, 0.4) is 0 Å². The maximum absolute atomic E-state index is 12.3. The van der Waals surface area contributed by atoms with E-state index in [2.05, 4.69) is 14.9 Å². The summed E-state index contributed by atoms with van der Waals surface area (Å²) in [7, 11) is 0. The van der Waals surface area contributed by atoms with E-state index in [0.29, 0.717) is 23.2 Å². The SMILES string of the molecule is O=c1[nH]c(CN2CCCCCC2)nc2c1oc1ccccc12. The molecule has 3 heterocycles. The van der Waals surface area contributed by atoms with E-state index in [0.717, 1.165) is 24.3 Å². The predicted molar refractivity (Wildman–Crippen MR) is 85.9 cm³/mol. The van der Waals surface area contributed by atoms with Crippen LogP contribution in [0.5, 0.6) is 0 Å². The van der Waals surface area contributed by atoms with Crippen LogP contribution < -0.4 is 5.56 Å². The Morgan fingerprint density at radius 3 is 2.73 bits per heavy atom. The maximum atomic E-state index is 12.3. The van der Waals surface area contributed by atoms with Crippen LogP contribution in [0, 0.1) is 0 Å². The molecule has 1 aromatic carbocycles. The van der Waals surface area contributed by atoms with Gasteiger partial charge in [-0.05, 0) is 38.1 Å². The van der Waals surface area contributed by atoms with Crippen molar-refractivity contribution in [2.75, 3.05) is 13.1 Å². The number of nitrogens with one attached hydrogen (secondary N) is 1. The third-order valence-corrected chi connectivity index (χ3v) is 4.35. The van der Waals surface area contributed by atoms with Crippen molar-refractivity contribution in [1.29, 1.82) is 0 Å². The molecule has 22 heavy (non-hydrogen) atoms. The van der Waals surface area contributed by atoms with E-state index in [-0.39, 0.29) is 5.56 Å². The van der Waals surface area contributed by atoms with Crippen molar-refractivity contribution in [3.8, 4) is 0 Å². The number of hydrogen-bond acceptors (Lipinski definition) is 4. The highest BCUT2D eigenvalue weighted by Gasteiger charge is 2.15. The highest BCUT2D eigenvalue weighted by molar-refractivity contribution is 6.01. The third-order valence-electron chi connectivity index (χ3n) is 4.35. The molecule has 2 aromatic heterocycles. The minimum atomic E-state index is -0.189. The molecule has 0 aliphatic carbocycles. The first-order valence-corrected chi connectivity index (χ1v) is 7.94. The van der Waals surface area contributed by atoms with Crippen LogP contribution in [-0.2, 0) is 6.54 Å². The number of likely N-dealkylation sites (tertiary alicyclic amines) is 1. The molecule has 0 bridgehead atoms. The number of benzene rings is 1. The zero-order valence-corrected chi connectivity index (χ0v) is 12.5. The van der Waals surface area contributed by atoms with Gasteiger partial charge in [-0.3, -0.25) is 9.69 Å². The van der Waals surface area contributed by atoms with E-state index in [9.17, 15) is 4.79 Å². The number of nitrogens with zero attached hydrogens (tertiary/aromatic N) is 2. The van der Waals surface area contributed by atoms with Gasteiger partial charge in [-0.15, -0.1) is 0 Å². The van der Waals surface area contributed by atoms with E-state index < -0.39 is 0 Å². The first-order chi connectivity index (χ1) is 10.8. The Morgan fingerprint density at radius 2 is 1.91 bits per heavy atom. The quantitative estimate of drug-likeness (QED) is 0.789. The molecule has 0 atom stereocenters. The van der Waals surface area contributed by atoms with Gasteiger partial charge in [0.1, 0.15) is 16.9 Å². The minimum Gasteiger partial charge on any atom is -0.449 e. The Morgan fingerprint density at radius 1 is 1.14 bits per heavy atom. The second-order valence-corrected chi connectivity index (χ2v) is 5.98. The van der Waals surface area contributed by atoms with Gasteiger partial charge in [0.15, 0.2) is 0 Å². The minimum absolute atomic E-state index is 0.189. The standard InChI is InChI=1S/C17H19N3O2/c21-17-16-15(12-7-3-4-8-13(12)22-16)18-14(19-17)11-20-9-5-1-2-6-10-20/h3-4,7-8H,1-2,5-6,9-11H2,(H,18,19,21). The van der Waals surface area contributed by atoms with Crippen LogP contribution in [0.4, 0.5) is 0 Å². The van der Waals surface area contributed by atoms with Crippen LogP contribution >= 0.6 is 0 Å². The van der Waals surface area contributed by atoms with Crippen LogP contribution in [0.25, 0.3) is 22.1 Å². The molecule has 114 valence electrons. The van der Waals surface area contributed by atoms with Gasteiger partial charge in [-0.2, -0.15) is 0 Å². The summed E-state index contributed by atoms with van der Waals surface area (Å²) in [5, 5.41) is 0.903. The summed E-state index contributed by atoms with van der Waals surface area (Å²) >= 11 is 0. The number of fused-ring (bicyclic) bond motifs is 3. The van der Waals surface area contributed by atoms with Crippen molar-refractivity contribution >= 4 is 22.1 Å². The molecule has 0 radical (unpaired) electrons. The summed E-state index contributed by atoms with van der Waals surface area (Å²) in [4.78, 5) is 22.2. The van der Waals surface area contributed by atoms with E-state index >= 15 is 0 Å². The first-order valence-electron chi connectivity index (χ1n) is 7.94. The molecule has 1 aliphatic rings. The monoisotopic (exact) mass is 297 g/mol. The number of hydrogen-bond donors (Lipinski definition) is 1. The maximum Gasteiger partial charge on any atom is 0.294 e. The van der Waals surface area contributed by atoms with Gasteiger partial charge in [0, 0.05) is 5.39 Å². The van der Waals surface area contributed by atoms with Crippen LogP contribution in [-0.4, -0.2) is 28.0 Å². The first kappa shape index (κ1) is 13.5. The van der Waals surface area contributed by atoms with Crippen molar-refractivity contribution in [3.63, 3.8) is 0 Å². The molecule has 5 nitrogen and oxygen atoms in total. The highest BCUT2D eigenvalue weighted by atomic mass is 16.3. The molecule has 1 fully saturated rings. The van der Waals surface area contributed by atoms with Crippen LogP contribution in [0.1, 0.15) is 31.5 Å². The third kappa shape index (κ3) is 2.41. The van der Waals surface area contributed by atoms with E-state index in [1.165, 1.54) is 25.7 Å². The van der Waals surface area contributed by atoms with E-state index in [1.54, 1.807) is 0 Å². The van der Waals surface area contributed by atoms with Gasteiger partial charge in [0.05, 0.1) is 6.54 Å². The molecule has 0 saturated carbocycles. The molecule has 0 amide bonds. The van der Waals surface area contributed by atoms with Gasteiger partial charge in [0.2, 0.25) is 5.58 Å². The second kappa shape index (κ2) is 5.57. The number of H-pyrrole nitrogens is 1. The summed E-state index contributed by atoms with van der Waals surface area (Å²) in [6.45, 7) is 2.85. The summed E-state index contributed by atoms with van der Waals surface area (Å²) in [6.07, 6.45) is 5.04. The lowest BCUT2D eigenvalue weighted by molar-refractivity contribution is 0.270. The molecule has 0 spiro atoms. The van der Waals surface area contributed by atoms with Crippen molar-refractivity contribution in [3.05, 3.63) is 40.4 Å². The number of aromatic amines is 1. The Labute approximate surface area is 127 Å². The normalized spacial score (nSPS) is 17.1. The average Bonchev–Trinajstić information content (AvgIpc) is 2.71. The van der Waals surface area contributed by atoms with Crippen molar-refractivity contribution < 1.29 is 4.42 Å². The molecule has 4 rings (SSSR count). The molecule has 3 aromatic rings. The Kier molecular flexibility index (Phi) is 3.42. The fourth-order valence-electron chi connectivity index (χ4n) is 3.23. The lowest BCUT2D eigenvalue weighted by atomic mass is 10.2. The summed E-state index contributed by atoms with van der Waals surface area (Å²) in [5.74, 6) is 0.728. The molecular formula is C17H19N3O2. The number of para-hydroxylation sites is 1. The molecule has 1 N–H and O–H groups in total. The molecule has 0 unspecified atom stereocenters. The lowest BCUT2D eigenvalue weighted by Crippen LogP contribution is -2.26. The van der Waals surface area contributed by atoms with Crippen molar-refractivity contribution in [2.45, 2.75) is 32.2 Å². The summed E-state index contributed by atoms with van der Waals surface area (Å²) in [6, 6.07) is 7.65. The van der Waals surface area contributed by atoms with Gasteiger partial charge >= 0.3 is 0 Å². The molecule has 1 aliphatic heterocycles. The van der Waals surface area contributed by atoms with Crippen LogP contribution in [0.15, 0.2) is 33.5 Å². The Bertz CT molecular complexity index is 857. The molecule has 1 saturated heterocycles. The average molecular weight is 297 g/mol. The highest BCUT2D eigenvalue weighted by Crippen LogP contribution is 2.24. The van der Waals surface area contributed by atoms with Crippen LogP contribution in [0.2, 0.25) is 0 Å². The molecule has 5 heteroatoms. The number of rotatable bonds is 2. The zero-order chi connectivity index (χ0) is 14.9. The summed E-state index contributed by atoms with van der Waals surface area (Å²) in [5.41, 5.74) is 1.51. The topological polar surface area (TPSA) is 62.1 Å². The van der Waals surface area contributed by atoms with Gasteiger partial charge in [-0.25, -0.2) is 4.98 Å². The van der Waals surface area contributed by atoms with Gasteiger partial charge in [0.25, 0.3) is 5.56 Å². The van der Waals surface area contributed by atoms with E-state index in [4.69, 9.17) is 4.42 Å². The smallest absolute Gasteiger partial charge is 0.294 e. The largest absolute Gasteiger partial charge is 0.449 e. The second-order valence-electron chi connectivity index (χ2n) is 5.98. The van der Waals surface area contributed by atoms with E-state index in [1.807, 2.05) is 24.3 Å². The van der Waals surface area contributed by atoms with Crippen molar-refractivity contribution in [1.82, 2.24) is 14.9 Å². The number of furan rings is 1. The van der Waals surface area contributed by atoms with Gasteiger partial charge < -0.3 is 9.40 Å². The Balaban J connectivity index is 1.75. The van der Waals surface area contributed by atoms with Gasteiger partial charge in [-0.1, -0.05) is 25.0 Å². The predicted octanol–water partition coefficient (Wildman–Crippen LogP) is 3.05.